The van der Waals surface area contributed by atoms with E-state index in [1.54, 1.807) is 31.0 Å². The second-order valence-corrected chi connectivity index (χ2v) is 18.9. The van der Waals surface area contributed by atoms with E-state index in [0.717, 1.165) is 47.5 Å². The van der Waals surface area contributed by atoms with Gasteiger partial charge in [-0.05, 0) is 98.6 Å². The van der Waals surface area contributed by atoms with Crippen molar-refractivity contribution in [1.82, 2.24) is 9.80 Å². The molecule has 2 unspecified atom stereocenters. The quantitative estimate of drug-likeness (QED) is 0.259. The molecule has 7 atom stereocenters. The van der Waals surface area contributed by atoms with Crippen molar-refractivity contribution in [2.75, 3.05) is 41.4 Å². The minimum Gasteiger partial charge on any atom is -0.504 e. The lowest BCUT2D eigenvalue weighted by molar-refractivity contribution is -0.124. The second kappa shape index (κ2) is 15.8. The number of likely N-dealkylation sites (N-methyl/N-ethyl adjacent to an activating group) is 2. The Bertz CT molecular complexity index is 2210. The maximum absolute atomic E-state index is 13.0. The van der Waals surface area contributed by atoms with E-state index in [0.29, 0.717) is 17.1 Å². The van der Waals surface area contributed by atoms with Crippen LogP contribution in [-0.2, 0) is 34.7 Å². The molecule has 5 aliphatic carbocycles. The summed E-state index contributed by atoms with van der Waals surface area (Å²) in [5.74, 6) is -0.0826. The zero-order valence-electron chi connectivity index (χ0n) is 35.7. The van der Waals surface area contributed by atoms with Gasteiger partial charge < -0.3 is 29.7 Å². The van der Waals surface area contributed by atoms with Crippen LogP contribution in [0.3, 0.4) is 0 Å². The Morgan fingerprint density at radius 1 is 0.763 bits per heavy atom. The molecule has 0 radical (unpaired) electrons. The molecular formula is C48H58N2O8S. The normalized spacial score (nSPS) is 30.8. The van der Waals surface area contributed by atoms with Crippen LogP contribution in [-0.4, -0.2) is 96.0 Å². The summed E-state index contributed by atoms with van der Waals surface area (Å²) < 4.78 is 10.7. The predicted molar refractivity (Wildman–Crippen MR) is 229 cm³/mol. The zero-order valence-corrected chi connectivity index (χ0v) is 36.5. The fourth-order valence-electron chi connectivity index (χ4n) is 10.8. The van der Waals surface area contributed by atoms with E-state index in [9.17, 15) is 29.7 Å². The van der Waals surface area contributed by atoms with Crippen LogP contribution in [0.5, 0.6) is 11.5 Å². The molecule has 314 valence electrons. The number of thioether (sulfide) groups is 1. The van der Waals surface area contributed by atoms with Crippen LogP contribution >= 0.6 is 11.8 Å². The van der Waals surface area contributed by atoms with Crippen LogP contribution < -0.4 is 0 Å². The van der Waals surface area contributed by atoms with Gasteiger partial charge in [-0.25, -0.2) is 0 Å². The molecule has 2 saturated heterocycles. The summed E-state index contributed by atoms with van der Waals surface area (Å²) >= 11 is 1.79. The summed E-state index contributed by atoms with van der Waals surface area (Å²) in [6.07, 6.45) is 11.2. The first kappa shape index (κ1) is 42.5. The average molecular weight is 823 g/mol. The van der Waals surface area contributed by atoms with Crippen molar-refractivity contribution in [3.63, 3.8) is 0 Å². The number of fused-ring (bicyclic) bond motifs is 2. The Morgan fingerprint density at radius 3 is 1.98 bits per heavy atom. The maximum Gasteiger partial charge on any atom is 0.220 e. The van der Waals surface area contributed by atoms with Gasteiger partial charge >= 0.3 is 0 Å². The number of likely N-dealkylation sites (tertiary alicyclic amines) is 2. The summed E-state index contributed by atoms with van der Waals surface area (Å²) in [5.41, 5.74) is 3.60. The molecule has 7 aliphatic rings. The standard InChI is InChI=1S/C28H33NO4S.C18H19NO4.C2H6/c1-27(2,3)16-6-8-17(9-7-16)34-26-18-10-11-20(30)25(32)23(18)28-12-13-29(4)24(26)19(28)14-22(33-5)21(31)15-28;1-19-6-5-18-9-14(21)15(23-2)8-11(18)12(19)7-10-3-4-13(20)17(22)16(10)18;1-2/h6-11,14,19,24,26,30,32H,12-13,15H2,1-5H3;3-4,7-8,11-12,22H,5-6,9H2,1-2H3;1-2H3/t19?,24-,26-,28-;11?,12-,18+;/m10./s1. The van der Waals surface area contributed by atoms with Crippen molar-refractivity contribution in [3.05, 3.63) is 112 Å². The third-order valence-corrected chi connectivity index (χ3v) is 15.1. The molecule has 2 heterocycles. The minimum absolute atomic E-state index is 0.00884. The topological polar surface area (TPSA) is 137 Å². The second-order valence-electron chi connectivity index (χ2n) is 17.7. The Morgan fingerprint density at radius 2 is 1.36 bits per heavy atom. The summed E-state index contributed by atoms with van der Waals surface area (Å²) in [6, 6.07) is 12.5. The number of aliphatic hydroxyl groups excluding tert-OH is 1. The third kappa shape index (κ3) is 6.87. The fraction of sp³-hybridized carbons (Fsp3) is 0.479. The first-order valence-electron chi connectivity index (χ1n) is 20.7. The molecule has 9 rings (SSSR count). The van der Waals surface area contributed by atoms with Crippen LogP contribution in [0.1, 0.15) is 82.2 Å². The number of Topliss-reactive ketones (excluding diaryl/α,β-unsaturated/α-hetero) is 2. The highest BCUT2D eigenvalue weighted by Crippen LogP contribution is 2.63. The number of ketones is 3. The molecule has 2 aromatic carbocycles. The van der Waals surface area contributed by atoms with Gasteiger partial charge in [-0.2, -0.15) is 0 Å². The highest BCUT2D eigenvalue weighted by Gasteiger charge is 2.60. The number of rotatable bonds is 4. The lowest BCUT2D eigenvalue weighted by Gasteiger charge is -2.58. The summed E-state index contributed by atoms with van der Waals surface area (Å²) in [6.45, 7) is 12.3. The number of aliphatic hydroxyl groups is 1. The lowest BCUT2D eigenvalue weighted by Crippen LogP contribution is -2.61. The number of benzene rings is 2. The van der Waals surface area contributed by atoms with Crippen LogP contribution in [0, 0.1) is 17.3 Å². The lowest BCUT2D eigenvalue weighted by atomic mass is 9.53. The number of ether oxygens (including phenoxy) is 2. The molecule has 59 heavy (non-hydrogen) atoms. The Kier molecular flexibility index (Phi) is 11.4. The van der Waals surface area contributed by atoms with Gasteiger partial charge in [0.2, 0.25) is 5.78 Å². The molecular weight excluding hydrogens is 765 g/mol. The first-order valence-corrected chi connectivity index (χ1v) is 21.6. The molecule has 0 spiro atoms. The zero-order chi connectivity index (χ0) is 42.8. The molecule has 0 aromatic heterocycles. The maximum atomic E-state index is 13.0. The molecule has 2 fully saturated rings. The van der Waals surface area contributed by atoms with Gasteiger partial charge in [0.1, 0.15) is 0 Å². The number of piperidine rings is 2. The highest BCUT2D eigenvalue weighted by atomic mass is 32.2. The molecule has 0 amide bonds. The van der Waals surface area contributed by atoms with Gasteiger partial charge in [-0.3, -0.25) is 19.3 Å². The van der Waals surface area contributed by atoms with Crippen molar-refractivity contribution in [1.29, 1.82) is 0 Å². The number of carbonyl (C=O) groups is 3. The van der Waals surface area contributed by atoms with Gasteiger partial charge in [0.05, 0.1) is 19.5 Å². The SMILES string of the molecule is CC.COC1=CC2[C@@H]3C=C4C=CC(=O)C(O)=C4[C@]2(CCN3C)CC1=O.COC1=CC2[C@@H]3[C@H](Sc4ccc(C(C)(C)C)cc4)c4ccc(O)c(O)c4[C@]2(CCN3C)CC1=O. The molecule has 11 heteroatoms. The van der Waals surface area contributed by atoms with Crippen molar-refractivity contribution >= 4 is 29.1 Å². The number of methoxy groups -OCH3 is 2. The third-order valence-electron chi connectivity index (χ3n) is 13.8. The fourth-order valence-corrected chi connectivity index (χ4v) is 12.3. The predicted octanol–water partition coefficient (Wildman–Crippen LogP) is 8.02. The van der Waals surface area contributed by atoms with E-state index in [1.165, 1.54) is 18.7 Å². The largest absolute Gasteiger partial charge is 0.504 e. The Balaban J connectivity index is 0.000000184. The van der Waals surface area contributed by atoms with Crippen LogP contribution in [0.15, 0.2) is 100 Å². The number of hydrogen-bond acceptors (Lipinski definition) is 11. The number of phenolic OH excluding ortho intramolecular Hbond substituents is 2. The van der Waals surface area contributed by atoms with Crippen molar-refractivity contribution in [3.8, 4) is 11.5 Å². The number of nitrogens with zero attached hydrogens (tertiary/aromatic N) is 2. The monoisotopic (exact) mass is 822 g/mol. The molecule has 4 bridgehead atoms. The molecule has 0 saturated carbocycles. The smallest absolute Gasteiger partial charge is 0.220 e. The molecule has 2 aromatic rings. The van der Waals surface area contributed by atoms with Gasteiger partial charge in [-0.15, -0.1) is 11.8 Å². The molecule has 3 N–H and O–H groups in total. The summed E-state index contributed by atoms with van der Waals surface area (Å²) in [7, 11) is 7.26. The van der Waals surface area contributed by atoms with Crippen LogP contribution in [0.4, 0.5) is 0 Å². The summed E-state index contributed by atoms with van der Waals surface area (Å²) in [5, 5.41) is 32.1. The number of aromatic hydroxyl groups is 2. The summed E-state index contributed by atoms with van der Waals surface area (Å²) in [4.78, 5) is 43.3. The minimum atomic E-state index is -0.540. The Labute approximate surface area is 352 Å². The van der Waals surface area contributed by atoms with Gasteiger partial charge in [0, 0.05) is 63.6 Å². The number of allylic oxidation sites excluding steroid dienone is 6. The van der Waals surface area contributed by atoms with Crippen molar-refractivity contribution in [2.45, 2.75) is 93.4 Å². The highest BCUT2D eigenvalue weighted by molar-refractivity contribution is 7.99. The van der Waals surface area contributed by atoms with E-state index in [4.69, 9.17) is 9.47 Å². The first-order chi connectivity index (χ1) is 28.0. The van der Waals surface area contributed by atoms with Gasteiger partial charge in [0.15, 0.2) is 40.3 Å². The number of carbonyl (C=O) groups excluding carboxylic acids is 3. The average Bonchev–Trinajstić information content (AvgIpc) is 3.21. The van der Waals surface area contributed by atoms with E-state index in [2.05, 4.69) is 75.0 Å². The van der Waals surface area contributed by atoms with Gasteiger partial charge in [-0.1, -0.05) is 65.0 Å². The number of phenols is 2. The van der Waals surface area contributed by atoms with Crippen LogP contribution in [0.2, 0.25) is 0 Å². The van der Waals surface area contributed by atoms with Crippen molar-refractivity contribution < 1.29 is 39.2 Å². The van der Waals surface area contributed by atoms with Crippen LogP contribution in [0.25, 0.3) is 0 Å². The molecule has 10 nitrogen and oxygen atoms in total. The van der Waals surface area contributed by atoms with Gasteiger partial charge in [0.25, 0.3) is 0 Å². The van der Waals surface area contributed by atoms with E-state index < -0.39 is 10.8 Å². The number of hydrogen-bond donors (Lipinski definition) is 3. The van der Waals surface area contributed by atoms with Crippen molar-refractivity contribution in [2.24, 2.45) is 17.3 Å². The Hall–Kier alpha value is -4.58. The van der Waals surface area contributed by atoms with E-state index >= 15 is 0 Å². The van der Waals surface area contributed by atoms with E-state index in [-0.39, 0.29) is 82.0 Å². The van der Waals surface area contributed by atoms with E-state index in [1.807, 2.05) is 32.1 Å². The molecule has 2 aliphatic heterocycles.